The minimum absolute atomic E-state index is 0.0538. The fourth-order valence-corrected chi connectivity index (χ4v) is 3.50. The summed E-state index contributed by atoms with van der Waals surface area (Å²) in [6, 6.07) is 0. The van der Waals surface area contributed by atoms with Crippen LogP contribution in [0.4, 0.5) is 0 Å². The molecule has 1 heterocycles. The minimum atomic E-state index is -0.159. The van der Waals surface area contributed by atoms with Crippen molar-refractivity contribution in [2.45, 2.75) is 46.5 Å². The monoisotopic (exact) mass is 396 g/mol. The lowest BCUT2D eigenvalue weighted by atomic mass is 9.96. The van der Waals surface area contributed by atoms with Gasteiger partial charge in [-0.3, -0.25) is 14.6 Å². The molecule has 162 valence electrons. The summed E-state index contributed by atoms with van der Waals surface area (Å²) in [5, 5.41) is 3.27. The topological polar surface area (TPSA) is 94.3 Å². The zero-order chi connectivity index (χ0) is 20.9. The first-order chi connectivity index (χ1) is 13.4. The summed E-state index contributed by atoms with van der Waals surface area (Å²) in [5.41, 5.74) is 5.39. The number of likely N-dealkylation sites (N-methyl/N-ethyl adjacent to an activating group) is 2. The largest absolute Gasteiger partial charge is 0.369 e. The van der Waals surface area contributed by atoms with Crippen LogP contribution in [0.3, 0.4) is 0 Å². The number of aliphatic imine (C=N–C) groups is 1. The predicted octanol–water partition coefficient (Wildman–Crippen LogP) is 0.730. The normalized spacial score (nSPS) is 16.1. The smallest absolute Gasteiger partial charge is 0.242 e. The van der Waals surface area contributed by atoms with Crippen LogP contribution in [0, 0.1) is 5.92 Å². The third-order valence-electron chi connectivity index (χ3n) is 5.32. The van der Waals surface area contributed by atoms with Crippen molar-refractivity contribution >= 4 is 17.8 Å². The Morgan fingerprint density at radius 3 is 2.32 bits per heavy atom. The van der Waals surface area contributed by atoms with Crippen molar-refractivity contribution < 1.29 is 9.59 Å². The maximum absolute atomic E-state index is 12.3. The number of rotatable bonds is 11. The molecule has 8 heteroatoms. The van der Waals surface area contributed by atoms with Gasteiger partial charge in [-0.05, 0) is 66.1 Å². The molecule has 1 rings (SSSR count). The number of nitrogens with one attached hydrogen (secondary N) is 1. The highest BCUT2D eigenvalue weighted by Crippen LogP contribution is 2.16. The van der Waals surface area contributed by atoms with Gasteiger partial charge in [0, 0.05) is 39.1 Å². The third-order valence-corrected chi connectivity index (χ3v) is 5.32. The van der Waals surface area contributed by atoms with Gasteiger partial charge >= 0.3 is 0 Å². The molecule has 0 aromatic rings. The van der Waals surface area contributed by atoms with E-state index in [9.17, 15) is 9.59 Å². The Bertz CT molecular complexity index is 499. The maximum Gasteiger partial charge on any atom is 0.242 e. The van der Waals surface area contributed by atoms with Gasteiger partial charge < -0.3 is 25.8 Å². The molecule has 0 aliphatic carbocycles. The second-order valence-corrected chi connectivity index (χ2v) is 7.38. The summed E-state index contributed by atoms with van der Waals surface area (Å²) in [7, 11) is 1.91. The van der Waals surface area contributed by atoms with Gasteiger partial charge in [-0.1, -0.05) is 0 Å². The molecule has 1 aliphatic rings. The summed E-state index contributed by atoms with van der Waals surface area (Å²) in [6.07, 6.45) is 3.83. The first kappa shape index (κ1) is 24.2. The molecule has 3 N–H and O–H groups in total. The van der Waals surface area contributed by atoms with E-state index >= 15 is 0 Å². The molecule has 0 saturated carbocycles. The maximum atomic E-state index is 12.3. The molecule has 0 spiro atoms. The van der Waals surface area contributed by atoms with Crippen LogP contribution < -0.4 is 11.1 Å². The van der Waals surface area contributed by atoms with E-state index in [1.165, 1.54) is 0 Å². The number of amides is 2. The van der Waals surface area contributed by atoms with Crippen LogP contribution in [0.1, 0.15) is 46.5 Å². The van der Waals surface area contributed by atoms with E-state index < -0.39 is 0 Å². The predicted molar refractivity (Wildman–Crippen MR) is 114 cm³/mol. The van der Waals surface area contributed by atoms with Crippen LogP contribution in [0.15, 0.2) is 4.99 Å². The van der Waals surface area contributed by atoms with Crippen LogP contribution in [0.25, 0.3) is 0 Å². The van der Waals surface area contributed by atoms with Gasteiger partial charge in [0.25, 0.3) is 0 Å². The van der Waals surface area contributed by atoms with E-state index in [1.807, 2.05) is 37.6 Å². The highest BCUT2D eigenvalue weighted by Gasteiger charge is 2.22. The van der Waals surface area contributed by atoms with Crippen molar-refractivity contribution in [2.24, 2.45) is 16.6 Å². The first-order valence-corrected chi connectivity index (χ1v) is 10.7. The highest BCUT2D eigenvalue weighted by atomic mass is 16.2. The molecule has 8 nitrogen and oxygen atoms in total. The zero-order valence-corrected chi connectivity index (χ0v) is 18.2. The van der Waals surface area contributed by atoms with E-state index in [1.54, 1.807) is 0 Å². The SMILES string of the molecule is CCNC(=NCCCCN1CCC(C(N)=O)CC1)N(C)CC(=O)N(CC)CC. The van der Waals surface area contributed by atoms with Crippen molar-refractivity contribution in [3.05, 3.63) is 0 Å². The lowest BCUT2D eigenvalue weighted by Gasteiger charge is -2.30. The summed E-state index contributed by atoms with van der Waals surface area (Å²) in [6.45, 7) is 12.3. The number of nitrogens with two attached hydrogens (primary N) is 1. The van der Waals surface area contributed by atoms with E-state index in [4.69, 9.17) is 5.73 Å². The van der Waals surface area contributed by atoms with Gasteiger partial charge in [-0.15, -0.1) is 0 Å². The Labute approximate surface area is 170 Å². The van der Waals surface area contributed by atoms with E-state index in [2.05, 4.69) is 15.2 Å². The van der Waals surface area contributed by atoms with Crippen molar-refractivity contribution in [1.29, 1.82) is 0 Å². The van der Waals surface area contributed by atoms with Gasteiger partial charge in [-0.2, -0.15) is 0 Å². The molecule has 1 fully saturated rings. The van der Waals surface area contributed by atoms with Gasteiger partial charge in [0.2, 0.25) is 11.8 Å². The van der Waals surface area contributed by atoms with Crippen LogP contribution in [-0.4, -0.2) is 91.9 Å². The molecule has 0 radical (unpaired) electrons. The average Bonchev–Trinajstić information content (AvgIpc) is 2.68. The van der Waals surface area contributed by atoms with Gasteiger partial charge in [-0.25, -0.2) is 0 Å². The van der Waals surface area contributed by atoms with Crippen LogP contribution in [0.5, 0.6) is 0 Å². The molecular formula is C20H40N6O2. The molecular weight excluding hydrogens is 356 g/mol. The molecule has 0 unspecified atom stereocenters. The Kier molecular flexibility index (Phi) is 11.6. The van der Waals surface area contributed by atoms with Crippen molar-refractivity contribution in [1.82, 2.24) is 20.0 Å². The minimum Gasteiger partial charge on any atom is -0.369 e. The van der Waals surface area contributed by atoms with Gasteiger partial charge in [0.15, 0.2) is 5.96 Å². The zero-order valence-electron chi connectivity index (χ0n) is 18.2. The van der Waals surface area contributed by atoms with Crippen molar-refractivity contribution in [3.63, 3.8) is 0 Å². The van der Waals surface area contributed by atoms with Gasteiger partial charge in [0.1, 0.15) is 0 Å². The number of nitrogens with zero attached hydrogens (tertiary/aromatic N) is 4. The Morgan fingerprint density at radius 1 is 1.14 bits per heavy atom. The van der Waals surface area contributed by atoms with Crippen molar-refractivity contribution in [3.8, 4) is 0 Å². The summed E-state index contributed by atoms with van der Waals surface area (Å²) in [4.78, 5) is 34.4. The third kappa shape index (κ3) is 8.46. The fourth-order valence-electron chi connectivity index (χ4n) is 3.50. The molecule has 0 bridgehead atoms. The van der Waals surface area contributed by atoms with Gasteiger partial charge in [0.05, 0.1) is 6.54 Å². The number of unbranched alkanes of at least 4 members (excludes halogenated alkanes) is 1. The second-order valence-electron chi connectivity index (χ2n) is 7.38. The lowest BCUT2D eigenvalue weighted by Crippen LogP contribution is -2.45. The molecule has 2 amide bonds. The van der Waals surface area contributed by atoms with E-state index in [0.717, 1.165) is 77.5 Å². The van der Waals surface area contributed by atoms with E-state index in [0.29, 0.717) is 6.54 Å². The molecule has 1 saturated heterocycles. The van der Waals surface area contributed by atoms with E-state index in [-0.39, 0.29) is 17.7 Å². The Morgan fingerprint density at radius 2 is 1.79 bits per heavy atom. The number of carbonyl (C=O) groups excluding carboxylic acids is 2. The first-order valence-electron chi connectivity index (χ1n) is 10.7. The molecule has 1 aliphatic heterocycles. The number of likely N-dealkylation sites (tertiary alicyclic amines) is 1. The number of primary amides is 1. The summed E-state index contributed by atoms with van der Waals surface area (Å²) >= 11 is 0. The highest BCUT2D eigenvalue weighted by molar-refractivity contribution is 5.86. The number of hydrogen-bond acceptors (Lipinski definition) is 4. The van der Waals surface area contributed by atoms with Crippen LogP contribution >= 0.6 is 0 Å². The fraction of sp³-hybridized carbons (Fsp3) is 0.850. The number of carbonyl (C=O) groups is 2. The Balaban J connectivity index is 2.35. The second kappa shape index (κ2) is 13.4. The molecule has 0 aromatic heterocycles. The van der Waals surface area contributed by atoms with Crippen LogP contribution in [0.2, 0.25) is 0 Å². The number of guanidine groups is 1. The standard InChI is InChI=1S/C20H40N6O2/c1-5-22-20(24(4)16-18(27)26(6-2)7-3)23-12-8-9-13-25-14-10-17(11-15-25)19(21)28/h17H,5-16H2,1-4H3,(H2,21,28)(H,22,23). The van der Waals surface area contributed by atoms with Crippen molar-refractivity contribution in [2.75, 3.05) is 59.4 Å². The average molecular weight is 397 g/mol. The number of hydrogen-bond donors (Lipinski definition) is 2. The molecule has 0 aromatic carbocycles. The molecule has 0 atom stereocenters. The summed E-state index contributed by atoms with van der Waals surface area (Å²) < 4.78 is 0. The number of piperidine rings is 1. The quantitative estimate of drug-likeness (QED) is 0.305. The van der Waals surface area contributed by atoms with Crippen LogP contribution in [-0.2, 0) is 9.59 Å². The summed E-state index contributed by atoms with van der Waals surface area (Å²) in [5.74, 6) is 0.800. The Hall–Kier alpha value is -1.83. The molecule has 28 heavy (non-hydrogen) atoms. The lowest BCUT2D eigenvalue weighted by molar-refractivity contribution is -0.131.